The third-order valence-electron chi connectivity index (χ3n) is 7.74. The van der Waals surface area contributed by atoms with Crippen LogP contribution in [0.2, 0.25) is 0 Å². The third-order valence-corrected chi connectivity index (χ3v) is 11.1. The molecule has 0 unspecified atom stereocenters. The number of nitrogens with zero attached hydrogens (tertiary/aromatic N) is 6. The average molecular weight is 842 g/mol. The quantitative estimate of drug-likeness (QED) is 0.117. The summed E-state index contributed by atoms with van der Waals surface area (Å²) in [4.78, 5) is 37.7. The predicted molar refractivity (Wildman–Crippen MR) is 205 cm³/mol. The van der Waals surface area contributed by atoms with Gasteiger partial charge < -0.3 is 15.5 Å². The van der Waals surface area contributed by atoms with Crippen molar-refractivity contribution in [2.75, 3.05) is 7.05 Å². The lowest BCUT2D eigenvalue weighted by molar-refractivity contribution is -0.134. The number of rotatable bonds is 11. The molecule has 0 fully saturated rings. The van der Waals surface area contributed by atoms with Crippen LogP contribution in [0.15, 0.2) is 132 Å². The van der Waals surface area contributed by atoms with E-state index in [9.17, 15) is 50.5 Å². The second-order valence-corrected chi connectivity index (χ2v) is 15.1. The number of hydrogen-bond donors (Lipinski definition) is 3. The Morgan fingerprint density at radius 2 is 1.17 bits per heavy atom. The van der Waals surface area contributed by atoms with E-state index in [1.165, 1.54) is 91.4 Å². The monoisotopic (exact) mass is 841 g/mol. The number of nitrogens with one attached hydrogen (secondary N) is 1. The van der Waals surface area contributed by atoms with Gasteiger partial charge in [-0.2, -0.15) is 10.5 Å². The van der Waals surface area contributed by atoms with E-state index < -0.39 is 49.3 Å². The van der Waals surface area contributed by atoms with E-state index >= 15 is 0 Å². The van der Waals surface area contributed by atoms with Gasteiger partial charge in [-0.05, 0) is 67.7 Å². The van der Waals surface area contributed by atoms with Gasteiger partial charge in [-0.15, -0.1) is 0 Å². The van der Waals surface area contributed by atoms with E-state index in [2.05, 4.69) is 15.3 Å². The number of halogens is 2. The van der Waals surface area contributed by atoms with Crippen LogP contribution in [0.4, 0.5) is 8.78 Å². The van der Waals surface area contributed by atoms with Gasteiger partial charge in [0, 0.05) is 60.2 Å². The molecule has 0 atom stereocenters. The van der Waals surface area contributed by atoms with Crippen LogP contribution in [0.3, 0.4) is 0 Å². The molecule has 4 heterocycles. The maximum absolute atomic E-state index is 14.4. The first-order chi connectivity index (χ1) is 28.1. The largest absolute Gasteiger partial charge is 0.478 e. The van der Waals surface area contributed by atoms with E-state index in [1.54, 1.807) is 19.2 Å². The Bertz CT molecular complexity index is 2830. The molecule has 3 N–H and O–H groups in total. The van der Waals surface area contributed by atoms with Crippen LogP contribution in [-0.2, 0) is 36.2 Å². The number of pyridine rings is 2. The van der Waals surface area contributed by atoms with Crippen molar-refractivity contribution in [3.8, 4) is 34.7 Å². The second kappa shape index (κ2) is 19.5. The van der Waals surface area contributed by atoms with E-state index in [-0.39, 0.29) is 50.1 Å². The summed E-state index contributed by atoms with van der Waals surface area (Å²) in [5, 5.41) is 37.5. The van der Waals surface area contributed by atoms with Crippen molar-refractivity contribution in [1.82, 2.24) is 23.2 Å². The van der Waals surface area contributed by atoms with Gasteiger partial charge in [0.15, 0.2) is 6.29 Å². The van der Waals surface area contributed by atoms with Gasteiger partial charge in [0.2, 0.25) is 0 Å². The molecule has 0 saturated heterocycles. The van der Waals surface area contributed by atoms with E-state index in [1.807, 2.05) is 6.07 Å². The van der Waals surface area contributed by atoms with E-state index in [4.69, 9.17) is 10.2 Å². The molecule has 2 aromatic carbocycles. The van der Waals surface area contributed by atoms with Crippen LogP contribution in [0.5, 0.6) is 0 Å². The van der Waals surface area contributed by atoms with Gasteiger partial charge in [0.25, 0.3) is 20.0 Å². The Hall–Kier alpha value is -7.65. The van der Waals surface area contributed by atoms with Gasteiger partial charge in [-0.3, -0.25) is 14.8 Å². The molecular formula is C39H29F2N7O9S2. The van der Waals surface area contributed by atoms with Crippen molar-refractivity contribution in [3.63, 3.8) is 0 Å². The number of benzene rings is 2. The Labute approximate surface area is 335 Å². The lowest BCUT2D eigenvalue weighted by Crippen LogP contribution is -2.17. The normalized spacial score (nSPS) is 10.9. The molecule has 300 valence electrons. The van der Waals surface area contributed by atoms with Gasteiger partial charge >= 0.3 is 11.9 Å². The Kier molecular flexibility index (Phi) is 14.5. The van der Waals surface area contributed by atoms with Gasteiger partial charge in [-0.1, -0.05) is 24.3 Å². The highest BCUT2D eigenvalue weighted by Crippen LogP contribution is 2.33. The number of carbonyl (C=O) groups is 3. The highest BCUT2D eigenvalue weighted by atomic mass is 32.2. The first-order valence-corrected chi connectivity index (χ1v) is 19.4. The summed E-state index contributed by atoms with van der Waals surface area (Å²) in [6, 6.07) is 23.3. The number of carbonyl (C=O) groups excluding carboxylic acids is 1. The van der Waals surface area contributed by atoms with Crippen LogP contribution < -0.4 is 5.32 Å². The van der Waals surface area contributed by atoms with Crippen molar-refractivity contribution in [2.24, 2.45) is 0 Å². The van der Waals surface area contributed by atoms with Crippen LogP contribution >= 0.6 is 0 Å². The Balaban J connectivity index is 0.000000221. The first kappa shape index (κ1) is 44.1. The fraction of sp³-hybridized carbons (Fsp3) is 0.0513. The SMILES string of the molecule is CNCc1cc(-c2ccccc2F)n(S(=O)(=O)c2cccnc2)c1C#N.N#Cc1c(C=O)cc(-c2ccccc2F)n1S(=O)(=O)c1cccnc1.O=C(O)/C=C/C(=O)O. The van der Waals surface area contributed by atoms with Crippen LogP contribution in [0, 0.1) is 34.3 Å². The summed E-state index contributed by atoms with van der Waals surface area (Å²) < 4.78 is 82.4. The predicted octanol–water partition coefficient (Wildman–Crippen LogP) is 4.84. The maximum atomic E-state index is 14.4. The van der Waals surface area contributed by atoms with Crippen LogP contribution in [0.1, 0.15) is 27.3 Å². The minimum atomic E-state index is -4.26. The molecule has 0 aliphatic carbocycles. The molecule has 0 radical (unpaired) electrons. The minimum Gasteiger partial charge on any atom is -0.478 e. The number of aliphatic carboxylic acids is 2. The molecule has 4 aromatic heterocycles. The van der Waals surface area contributed by atoms with Crippen molar-refractivity contribution in [3.05, 3.63) is 156 Å². The van der Waals surface area contributed by atoms with E-state index in [0.29, 0.717) is 28.0 Å². The topological polar surface area (TPSA) is 255 Å². The van der Waals surface area contributed by atoms with Crippen LogP contribution in [-0.4, -0.2) is 70.2 Å². The summed E-state index contributed by atoms with van der Waals surface area (Å²) in [6.07, 6.45) is 6.63. The molecule has 0 bridgehead atoms. The maximum Gasteiger partial charge on any atom is 0.328 e. The van der Waals surface area contributed by atoms with E-state index in [0.717, 1.165) is 16.2 Å². The highest BCUT2D eigenvalue weighted by molar-refractivity contribution is 7.90. The molecule has 0 aliphatic rings. The van der Waals surface area contributed by atoms with Gasteiger partial charge in [0.1, 0.15) is 45.0 Å². The smallest absolute Gasteiger partial charge is 0.328 e. The summed E-state index contributed by atoms with van der Waals surface area (Å²) in [7, 11) is -6.72. The lowest BCUT2D eigenvalue weighted by Gasteiger charge is -2.12. The van der Waals surface area contributed by atoms with Crippen molar-refractivity contribution < 1.29 is 50.2 Å². The van der Waals surface area contributed by atoms with Crippen molar-refractivity contribution >= 4 is 38.3 Å². The zero-order valence-electron chi connectivity index (χ0n) is 30.3. The molecule has 0 spiro atoms. The second-order valence-electron chi connectivity index (χ2n) is 11.5. The molecule has 59 heavy (non-hydrogen) atoms. The number of nitriles is 2. The standard InChI is InChI=1S/C18H15FN4O2S.C17H10FN3O3S.C4H4O4/c1-21-11-13-9-17(15-6-2-3-7-16(15)19)23(18(13)10-20)26(24,25)14-5-4-8-22-12-14;18-15-6-2-1-5-14(15)16-8-12(11-22)17(9-19)21(16)25(23,24)13-4-3-7-20-10-13;5-3(6)1-2-4(7)8/h2-9,12,21H,11H2,1H3;1-8,10-11H;1-2H,(H,5,6)(H,7,8)/b;;2-1+. The summed E-state index contributed by atoms with van der Waals surface area (Å²) in [6.45, 7) is 0.264. The molecule has 6 aromatic rings. The number of aldehydes is 1. The molecule has 20 heteroatoms. The number of carboxylic acid groups (broad SMARTS) is 2. The minimum absolute atomic E-state index is 0.0421. The summed E-state index contributed by atoms with van der Waals surface area (Å²) >= 11 is 0. The average Bonchev–Trinajstić information content (AvgIpc) is 3.81. The fourth-order valence-corrected chi connectivity index (χ4v) is 8.18. The molecule has 0 aliphatic heterocycles. The fourth-order valence-electron chi connectivity index (χ4n) is 5.26. The lowest BCUT2D eigenvalue weighted by atomic mass is 10.1. The Morgan fingerprint density at radius 1 is 0.729 bits per heavy atom. The number of aromatic nitrogens is 4. The first-order valence-electron chi connectivity index (χ1n) is 16.5. The van der Waals surface area contributed by atoms with Gasteiger partial charge in [-0.25, -0.2) is 43.2 Å². The summed E-state index contributed by atoms with van der Waals surface area (Å²) in [5.74, 6) is -3.77. The molecule has 16 nitrogen and oxygen atoms in total. The van der Waals surface area contributed by atoms with Crippen LogP contribution in [0.25, 0.3) is 22.5 Å². The number of carboxylic acids is 2. The third kappa shape index (κ3) is 10.0. The number of hydrogen-bond acceptors (Lipinski definition) is 12. The molecular weight excluding hydrogens is 813 g/mol. The van der Waals surface area contributed by atoms with Crippen molar-refractivity contribution in [2.45, 2.75) is 16.3 Å². The highest BCUT2D eigenvalue weighted by Gasteiger charge is 2.30. The zero-order chi connectivity index (χ0) is 43.3. The zero-order valence-corrected chi connectivity index (χ0v) is 32.0. The Morgan fingerprint density at radius 3 is 1.54 bits per heavy atom. The van der Waals surface area contributed by atoms with Gasteiger partial charge in [0.05, 0.1) is 17.0 Å². The van der Waals surface area contributed by atoms with Crippen molar-refractivity contribution in [1.29, 1.82) is 10.5 Å². The molecule has 0 saturated carbocycles. The summed E-state index contributed by atoms with van der Waals surface area (Å²) in [5.41, 5.74) is -0.111. The molecule has 6 rings (SSSR count). The molecule has 0 amide bonds.